The minimum absolute atomic E-state index is 0.118. The number of rotatable bonds is 13. The van der Waals surface area contributed by atoms with Gasteiger partial charge in [-0.15, -0.1) is 0 Å². The maximum absolute atomic E-state index is 14.7. The second kappa shape index (κ2) is 21.8. The molecule has 0 radical (unpaired) electrons. The quantitative estimate of drug-likeness (QED) is 0.0722. The highest BCUT2D eigenvalue weighted by atomic mass is 19.3. The molecule has 1 fully saturated rings. The van der Waals surface area contributed by atoms with Gasteiger partial charge >= 0.3 is 12.2 Å². The molecule has 0 saturated carbocycles. The second-order valence-electron chi connectivity index (χ2n) is 16.2. The molecule has 22 heteroatoms. The number of likely N-dealkylation sites (tertiary alicyclic amines) is 1. The first-order valence-electron chi connectivity index (χ1n) is 22.9. The predicted octanol–water partition coefficient (Wildman–Crippen LogP) is 9.68. The Labute approximate surface area is 409 Å². The molecule has 72 heavy (non-hydrogen) atoms. The van der Waals surface area contributed by atoms with Crippen molar-refractivity contribution in [3.05, 3.63) is 133 Å². The second-order valence-corrected chi connectivity index (χ2v) is 16.2. The first-order chi connectivity index (χ1) is 35.0. The van der Waals surface area contributed by atoms with Crippen molar-refractivity contribution in [3.63, 3.8) is 0 Å². The van der Waals surface area contributed by atoms with Crippen LogP contribution in [0.3, 0.4) is 0 Å². The molecule has 1 aliphatic rings. The number of benzene rings is 2. The molecule has 366 valence electrons. The van der Waals surface area contributed by atoms with E-state index in [1.54, 1.807) is 63.2 Å². The number of alkyl halides is 2. The Kier molecular flexibility index (Phi) is 14.6. The van der Waals surface area contributed by atoms with E-state index in [1.165, 1.54) is 18.3 Å². The van der Waals surface area contributed by atoms with E-state index in [1.807, 2.05) is 53.4 Å². The van der Waals surface area contributed by atoms with E-state index in [0.29, 0.717) is 82.3 Å². The Bertz CT molecular complexity index is 3300. The summed E-state index contributed by atoms with van der Waals surface area (Å²) in [6, 6.07) is 21.5. The SMILES string of the molecule is CCOC(=O)Nc1nc2c(-c3ncccc3F)cc(-c3cnc(NCc4ccccn4)nc3)cc2[nH]1.CCOC(=O)Nc1nc2c(-c3ncccn3)cc(-c3ccc(CN4CCC(F)(F)CC4)nc3)cc2[nH]1. The zero-order chi connectivity index (χ0) is 50.0. The Morgan fingerprint density at radius 2 is 1.26 bits per heavy atom. The number of ether oxygens (including phenoxy) is 2. The van der Waals surface area contributed by atoms with Gasteiger partial charge in [-0.1, -0.05) is 12.1 Å². The van der Waals surface area contributed by atoms with Gasteiger partial charge < -0.3 is 24.8 Å². The molecule has 19 nitrogen and oxygen atoms in total. The summed E-state index contributed by atoms with van der Waals surface area (Å²) in [5.41, 5.74) is 8.37. The smallest absolute Gasteiger partial charge is 0.413 e. The van der Waals surface area contributed by atoms with Crippen LogP contribution in [0.15, 0.2) is 116 Å². The number of nitrogens with one attached hydrogen (secondary N) is 5. The van der Waals surface area contributed by atoms with Crippen molar-refractivity contribution in [2.24, 2.45) is 0 Å². The van der Waals surface area contributed by atoms with Gasteiger partial charge in [0.15, 0.2) is 5.82 Å². The Morgan fingerprint density at radius 1 is 0.653 bits per heavy atom. The summed E-state index contributed by atoms with van der Waals surface area (Å²) in [6.07, 6.45) is 10.1. The molecule has 2 aromatic carbocycles. The minimum atomic E-state index is -2.56. The van der Waals surface area contributed by atoms with Gasteiger partial charge in [0.1, 0.15) is 22.5 Å². The van der Waals surface area contributed by atoms with Crippen LogP contribution in [0, 0.1) is 5.82 Å². The maximum Gasteiger partial charge on any atom is 0.413 e. The molecule has 2 amide bonds. The van der Waals surface area contributed by atoms with Gasteiger partial charge in [-0.2, -0.15) is 0 Å². The molecular weight excluding hydrogens is 932 g/mol. The number of carbonyl (C=O) groups is 2. The molecule has 0 unspecified atom stereocenters. The van der Waals surface area contributed by atoms with Gasteiger partial charge in [-0.05, 0) is 85.6 Å². The van der Waals surface area contributed by atoms with E-state index in [2.05, 4.69) is 70.8 Å². The Morgan fingerprint density at radius 3 is 1.88 bits per heavy atom. The number of H-pyrrole nitrogens is 2. The highest BCUT2D eigenvalue weighted by molar-refractivity contribution is 5.98. The molecular formula is C50H46F3N15O4. The summed E-state index contributed by atoms with van der Waals surface area (Å²) in [5, 5.41) is 8.26. The number of hydrogen-bond donors (Lipinski definition) is 5. The van der Waals surface area contributed by atoms with E-state index < -0.39 is 23.9 Å². The number of aromatic nitrogens is 11. The fourth-order valence-electron chi connectivity index (χ4n) is 7.78. The first kappa shape index (κ1) is 48.1. The molecule has 9 aromatic rings. The number of aromatic amines is 2. The van der Waals surface area contributed by atoms with Gasteiger partial charge in [-0.25, -0.2) is 52.7 Å². The van der Waals surface area contributed by atoms with Crippen molar-refractivity contribution in [1.29, 1.82) is 0 Å². The molecule has 1 saturated heterocycles. The Balaban J connectivity index is 0.000000178. The van der Waals surface area contributed by atoms with Crippen molar-refractivity contribution in [2.45, 2.75) is 45.7 Å². The van der Waals surface area contributed by atoms with E-state index in [-0.39, 0.29) is 43.6 Å². The van der Waals surface area contributed by atoms with Crippen molar-refractivity contribution in [1.82, 2.24) is 59.7 Å². The Hall–Kier alpha value is -8.92. The lowest BCUT2D eigenvalue weighted by atomic mass is 10.0. The molecule has 7 aromatic heterocycles. The van der Waals surface area contributed by atoms with E-state index in [0.717, 1.165) is 22.5 Å². The fourth-order valence-corrected chi connectivity index (χ4v) is 7.78. The molecule has 0 atom stereocenters. The molecule has 8 heterocycles. The first-order valence-corrected chi connectivity index (χ1v) is 22.9. The van der Waals surface area contributed by atoms with Crippen LogP contribution in [0.5, 0.6) is 0 Å². The van der Waals surface area contributed by atoms with Gasteiger partial charge in [0, 0.05) is 98.1 Å². The van der Waals surface area contributed by atoms with Crippen LogP contribution >= 0.6 is 0 Å². The molecule has 0 aliphatic carbocycles. The number of halogens is 3. The number of hydrogen-bond acceptors (Lipinski definition) is 15. The number of pyridine rings is 3. The van der Waals surface area contributed by atoms with Crippen LogP contribution < -0.4 is 16.0 Å². The lowest BCUT2D eigenvalue weighted by molar-refractivity contribution is -0.0568. The maximum atomic E-state index is 14.7. The summed E-state index contributed by atoms with van der Waals surface area (Å²) in [6.45, 7) is 5.61. The standard InChI is InChI=1S/C25H25F2N7O2.C25H21FN8O2/c1-2-36-24(35)33-23-31-20-13-17(12-19(21(20)32-23)22-28-8-3-9-29-22)16-4-5-18(30-14-16)15-34-10-6-25(26,27)7-11-34;1-2-36-25(35)34-24-32-20-11-15(10-18(22(20)33-24)21-19(26)7-5-9-28-21)16-12-29-23(30-13-16)31-14-17-6-3-4-8-27-17/h3-5,8-9,12-14H,2,6-7,10-11,15H2,1H3,(H2,31,32,33,35);3-13H,2,14H2,1H3,(H,29,30,31)(H2,32,33,34,35). The lowest BCUT2D eigenvalue weighted by Gasteiger charge is -2.31. The lowest BCUT2D eigenvalue weighted by Crippen LogP contribution is -2.38. The topological polar surface area (TPSA) is 240 Å². The van der Waals surface area contributed by atoms with Crippen molar-refractivity contribution < 1.29 is 32.2 Å². The summed E-state index contributed by atoms with van der Waals surface area (Å²) >= 11 is 0. The minimum Gasteiger partial charge on any atom is -0.450 e. The number of anilines is 3. The molecule has 0 bridgehead atoms. The third-order valence-electron chi connectivity index (χ3n) is 11.3. The van der Waals surface area contributed by atoms with Gasteiger partial charge in [0.2, 0.25) is 17.8 Å². The van der Waals surface area contributed by atoms with Crippen LogP contribution in [0.1, 0.15) is 38.1 Å². The summed E-state index contributed by atoms with van der Waals surface area (Å²) in [5.74, 6) is -1.70. The van der Waals surface area contributed by atoms with Crippen LogP contribution in [-0.2, 0) is 22.6 Å². The third kappa shape index (κ3) is 11.7. The monoisotopic (exact) mass is 977 g/mol. The number of imidazole rings is 2. The molecule has 0 spiro atoms. The number of piperidine rings is 1. The fraction of sp³-hybridized carbons (Fsp3) is 0.220. The van der Waals surface area contributed by atoms with Gasteiger partial charge in [-0.3, -0.25) is 30.5 Å². The van der Waals surface area contributed by atoms with Gasteiger partial charge in [0.05, 0.1) is 42.2 Å². The number of amides is 2. The van der Waals surface area contributed by atoms with Crippen molar-refractivity contribution >= 4 is 52.1 Å². The predicted molar refractivity (Wildman–Crippen MR) is 263 cm³/mol. The zero-order valence-electron chi connectivity index (χ0n) is 38.9. The van der Waals surface area contributed by atoms with Crippen molar-refractivity contribution in [3.8, 4) is 44.9 Å². The third-order valence-corrected chi connectivity index (χ3v) is 11.3. The summed E-state index contributed by atoms with van der Waals surface area (Å²) in [4.78, 5) is 71.4. The van der Waals surface area contributed by atoms with E-state index in [4.69, 9.17) is 9.47 Å². The summed E-state index contributed by atoms with van der Waals surface area (Å²) in [7, 11) is 0. The van der Waals surface area contributed by atoms with E-state index in [9.17, 15) is 22.8 Å². The number of carbonyl (C=O) groups excluding carboxylic acids is 2. The summed E-state index contributed by atoms with van der Waals surface area (Å²) < 4.78 is 51.4. The van der Waals surface area contributed by atoms with Gasteiger partial charge in [0.25, 0.3) is 5.92 Å². The van der Waals surface area contributed by atoms with Crippen LogP contribution in [0.25, 0.3) is 67.0 Å². The van der Waals surface area contributed by atoms with Crippen LogP contribution in [0.2, 0.25) is 0 Å². The van der Waals surface area contributed by atoms with Crippen molar-refractivity contribution in [2.75, 3.05) is 42.3 Å². The highest BCUT2D eigenvalue weighted by Gasteiger charge is 2.34. The average molecular weight is 978 g/mol. The molecule has 10 rings (SSSR count). The molecule has 5 N–H and O–H groups in total. The number of fused-ring (bicyclic) bond motifs is 2. The highest BCUT2D eigenvalue weighted by Crippen LogP contribution is 2.35. The largest absolute Gasteiger partial charge is 0.450 e. The normalized spacial score (nSPS) is 13.2. The van der Waals surface area contributed by atoms with E-state index >= 15 is 0 Å². The van der Waals surface area contributed by atoms with Crippen LogP contribution in [0.4, 0.5) is 40.6 Å². The molecule has 1 aliphatic heterocycles. The zero-order valence-corrected chi connectivity index (χ0v) is 38.9. The average Bonchev–Trinajstić information content (AvgIpc) is 4.00. The number of nitrogens with zero attached hydrogens (tertiary/aromatic N) is 10. The van der Waals surface area contributed by atoms with Crippen LogP contribution in [-0.4, -0.2) is 104 Å².